The Bertz CT molecular complexity index is 929. The van der Waals surface area contributed by atoms with Gasteiger partial charge in [-0.25, -0.2) is 4.99 Å². The Morgan fingerprint density at radius 1 is 1.36 bits per heavy atom. The summed E-state index contributed by atoms with van der Waals surface area (Å²) in [5.74, 6) is -2.51. The molecule has 1 saturated carbocycles. The number of rotatable bonds is 2. The van der Waals surface area contributed by atoms with E-state index in [4.69, 9.17) is 26.8 Å². The van der Waals surface area contributed by atoms with Crippen molar-refractivity contribution >= 4 is 23.1 Å². The summed E-state index contributed by atoms with van der Waals surface area (Å²) >= 11 is 5.85. The van der Waals surface area contributed by atoms with Gasteiger partial charge in [-0.3, -0.25) is 10.1 Å². The first kappa shape index (κ1) is 15.8. The van der Waals surface area contributed by atoms with Gasteiger partial charge in [0.15, 0.2) is 5.41 Å². The van der Waals surface area contributed by atoms with Crippen LogP contribution in [0.4, 0.5) is 5.69 Å². The van der Waals surface area contributed by atoms with Gasteiger partial charge in [-0.2, -0.15) is 10.5 Å². The van der Waals surface area contributed by atoms with Crippen molar-refractivity contribution in [2.45, 2.75) is 11.8 Å². The van der Waals surface area contributed by atoms with E-state index in [1.807, 2.05) is 0 Å². The normalized spacial score (nSPS) is 34.0. The molecule has 25 heavy (non-hydrogen) atoms. The van der Waals surface area contributed by atoms with Crippen LogP contribution in [0.15, 0.2) is 23.2 Å². The third-order valence-corrected chi connectivity index (χ3v) is 5.43. The Morgan fingerprint density at radius 2 is 2.04 bits per heavy atom. The number of nitro groups is 1. The van der Waals surface area contributed by atoms with E-state index in [1.165, 1.54) is 18.2 Å². The number of ether oxygens (including phenoxy) is 2. The Balaban J connectivity index is 1.92. The van der Waals surface area contributed by atoms with E-state index in [1.54, 1.807) is 0 Å². The van der Waals surface area contributed by atoms with Crippen LogP contribution in [0.25, 0.3) is 0 Å². The molecule has 3 atom stereocenters. The number of nitriles is 2. The molecule has 1 aliphatic carbocycles. The molecule has 126 valence electrons. The third-order valence-electron chi connectivity index (χ3n) is 5.11. The number of fused-ring (bicyclic) bond motifs is 2. The monoisotopic (exact) mass is 359 g/mol. The number of aliphatic imine (C=N–C) groups is 1. The Morgan fingerprint density at radius 3 is 2.60 bits per heavy atom. The quantitative estimate of drug-likeness (QED) is 0.620. The molecule has 9 nitrogen and oxygen atoms in total. The molecule has 1 aromatic carbocycles. The molecule has 4 rings (SSSR count). The fourth-order valence-corrected chi connectivity index (χ4v) is 4.25. The summed E-state index contributed by atoms with van der Waals surface area (Å²) < 4.78 is 11.2. The van der Waals surface area contributed by atoms with Gasteiger partial charge in [-0.1, -0.05) is 17.7 Å². The molecule has 0 bridgehead atoms. The molecular formula is C15H10ClN5O4. The number of nitro benzene ring substituents is 1. The van der Waals surface area contributed by atoms with Gasteiger partial charge in [-0.15, -0.1) is 0 Å². The maximum absolute atomic E-state index is 11.2. The standard InChI is InChI=1S/C15H10ClN5O4/c16-9-2-1-8(5-10(9)21(22)23)11-13(6-17)12(19)20-15(14(11,13)7-18)24-3-4-25-15/h1-2,5,11H,3-4H2,(H2,19,20)/t11-,13-,14-/m1/s1. The highest BCUT2D eigenvalue weighted by molar-refractivity contribution is 6.32. The highest BCUT2D eigenvalue weighted by atomic mass is 35.5. The second-order valence-corrected chi connectivity index (χ2v) is 6.42. The average Bonchev–Trinajstić information content (AvgIpc) is 2.83. The van der Waals surface area contributed by atoms with Crippen LogP contribution >= 0.6 is 11.6 Å². The zero-order valence-corrected chi connectivity index (χ0v) is 13.4. The zero-order valence-electron chi connectivity index (χ0n) is 12.6. The van der Waals surface area contributed by atoms with Crippen molar-refractivity contribution in [2.24, 2.45) is 21.6 Å². The molecule has 2 aliphatic heterocycles. The van der Waals surface area contributed by atoms with E-state index in [0.29, 0.717) is 5.56 Å². The van der Waals surface area contributed by atoms with Crippen molar-refractivity contribution in [3.8, 4) is 12.1 Å². The minimum Gasteiger partial charge on any atom is -0.386 e. The number of nitrogens with zero attached hydrogens (tertiary/aromatic N) is 4. The minimum atomic E-state index is -1.67. The van der Waals surface area contributed by atoms with Gasteiger partial charge in [0.2, 0.25) is 0 Å². The summed E-state index contributed by atoms with van der Waals surface area (Å²) in [6.07, 6.45) is 0. The largest absolute Gasteiger partial charge is 0.386 e. The average molecular weight is 360 g/mol. The zero-order chi connectivity index (χ0) is 18.0. The highest BCUT2D eigenvalue weighted by Gasteiger charge is 2.94. The van der Waals surface area contributed by atoms with Crippen molar-refractivity contribution in [1.29, 1.82) is 10.5 Å². The van der Waals surface area contributed by atoms with Gasteiger partial charge in [0.05, 0.1) is 30.3 Å². The summed E-state index contributed by atoms with van der Waals surface area (Å²) in [6, 6.07) is 8.33. The van der Waals surface area contributed by atoms with Crippen LogP contribution < -0.4 is 5.73 Å². The maximum atomic E-state index is 11.2. The summed E-state index contributed by atoms with van der Waals surface area (Å²) in [6.45, 7) is 0.407. The molecule has 0 radical (unpaired) electrons. The lowest BCUT2D eigenvalue weighted by Gasteiger charge is -2.25. The lowest BCUT2D eigenvalue weighted by Crippen LogP contribution is -2.38. The third kappa shape index (κ3) is 1.51. The molecule has 2 fully saturated rings. The molecule has 1 aromatic rings. The van der Waals surface area contributed by atoms with E-state index in [2.05, 4.69) is 17.1 Å². The molecule has 10 heteroatoms. The molecule has 1 spiro atoms. The van der Waals surface area contributed by atoms with Gasteiger partial charge in [0.25, 0.3) is 11.6 Å². The summed E-state index contributed by atoms with van der Waals surface area (Å²) in [4.78, 5) is 14.7. The van der Waals surface area contributed by atoms with Gasteiger partial charge in [0, 0.05) is 12.0 Å². The lowest BCUT2D eigenvalue weighted by atomic mass is 9.94. The summed E-state index contributed by atoms with van der Waals surface area (Å²) in [7, 11) is 0. The Labute approximate surface area is 146 Å². The van der Waals surface area contributed by atoms with Crippen LogP contribution in [0.1, 0.15) is 11.5 Å². The first-order chi connectivity index (χ1) is 11.9. The molecule has 2 N–H and O–H groups in total. The first-order valence-electron chi connectivity index (χ1n) is 7.30. The predicted octanol–water partition coefficient (Wildman–Crippen LogP) is 1.44. The van der Waals surface area contributed by atoms with Crippen LogP contribution in [-0.2, 0) is 9.47 Å². The Kier molecular flexibility index (Phi) is 2.95. The molecule has 2 heterocycles. The van der Waals surface area contributed by atoms with Crippen LogP contribution in [0.2, 0.25) is 5.02 Å². The highest BCUT2D eigenvalue weighted by Crippen LogP contribution is 2.82. The van der Waals surface area contributed by atoms with Crippen molar-refractivity contribution in [1.82, 2.24) is 0 Å². The second-order valence-electron chi connectivity index (χ2n) is 6.02. The number of hydrogen-bond acceptors (Lipinski definition) is 8. The fourth-order valence-electron chi connectivity index (χ4n) is 4.07. The maximum Gasteiger partial charge on any atom is 0.293 e. The van der Waals surface area contributed by atoms with Crippen LogP contribution in [0.5, 0.6) is 0 Å². The molecule has 0 aromatic heterocycles. The van der Waals surface area contributed by atoms with Crippen LogP contribution in [0, 0.1) is 43.6 Å². The molecule has 0 unspecified atom stereocenters. The second kappa shape index (κ2) is 4.67. The molecular weight excluding hydrogens is 350 g/mol. The number of nitrogens with two attached hydrogens (primary N) is 1. The summed E-state index contributed by atoms with van der Waals surface area (Å²) in [5, 5.41) is 30.9. The number of hydrogen-bond donors (Lipinski definition) is 1. The van der Waals surface area contributed by atoms with Crippen LogP contribution in [-0.4, -0.2) is 29.9 Å². The van der Waals surface area contributed by atoms with Crippen molar-refractivity contribution in [2.75, 3.05) is 13.2 Å². The van der Waals surface area contributed by atoms with E-state index < -0.39 is 27.6 Å². The predicted molar refractivity (Wildman–Crippen MR) is 83.2 cm³/mol. The van der Waals surface area contributed by atoms with Crippen molar-refractivity contribution in [3.05, 3.63) is 38.9 Å². The molecule has 1 saturated heterocycles. The Hall–Kier alpha value is -2.72. The van der Waals surface area contributed by atoms with Crippen molar-refractivity contribution < 1.29 is 14.4 Å². The van der Waals surface area contributed by atoms with Crippen LogP contribution in [0.3, 0.4) is 0 Å². The van der Waals surface area contributed by atoms with Gasteiger partial charge >= 0.3 is 0 Å². The van der Waals surface area contributed by atoms with Crippen molar-refractivity contribution in [3.63, 3.8) is 0 Å². The number of benzene rings is 1. The number of amidine groups is 1. The SMILES string of the molecule is N#C[C@@]12C(N)=NC3(OCCO3)[C@]1(C#N)[C@@H]2c1ccc(Cl)c([N+](=O)[O-])c1. The lowest BCUT2D eigenvalue weighted by molar-refractivity contribution is -0.384. The van der Waals surface area contributed by atoms with E-state index in [-0.39, 0.29) is 29.8 Å². The first-order valence-corrected chi connectivity index (χ1v) is 7.68. The minimum absolute atomic E-state index is 0.0405. The topological polar surface area (TPSA) is 148 Å². The van der Waals surface area contributed by atoms with Gasteiger partial charge in [0.1, 0.15) is 16.3 Å². The van der Waals surface area contributed by atoms with E-state index in [0.717, 1.165) is 0 Å². The van der Waals surface area contributed by atoms with Gasteiger partial charge < -0.3 is 15.2 Å². The molecule has 3 aliphatic rings. The molecule has 0 amide bonds. The van der Waals surface area contributed by atoms with E-state index in [9.17, 15) is 20.6 Å². The van der Waals surface area contributed by atoms with Gasteiger partial charge in [-0.05, 0) is 11.6 Å². The number of halogens is 1. The van der Waals surface area contributed by atoms with E-state index >= 15 is 0 Å². The summed E-state index contributed by atoms with van der Waals surface area (Å²) in [5.41, 5.74) is 3.09. The smallest absolute Gasteiger partial charge is 0.293 e. The fraction of sp³-hybridized carbons (Fsp3) is 0.400.